The van der Waals surface area contributed by atoms with E-state index in [-0.39, 0.29) is 5.91 Å². The van der Waals surface area contributed by atoms with Crippen LogP contribution in [0.15, 0.2) is 18.2 Å². The number of rotatable bonds is 5. The molecule has 1 aliphatic rings. The summed E-state index contributed by atoms with van der Waals surface area (Å²) in [7, 11) is 1.98. The Morgan fingerprint density at radius 2 is 2.00 bits per heavy atom. The minimum atomic E-state index is 0.0930. The molecule has 1 unspecified atom stereocenters. The van der Waals surface area contributed by atoms with Crippen LogP contribution in [0.25, 0.3) is 0 Å². The minimum absolute atomic E-state index is 0.0930. The molecule has 1 aliphatic heterocycles. The van der Waals surface area contributed by atoms with Gasteiger partial charge in [0.1, 0.15) is 0 Å². The largest absolute Gasteiger partial charge is 0.324 e. The van der Waals surface area contributed by atoms with Crippen LogP contribution in [0.3, 0.4) is 0 Å². The van der Waals surface area contributed by atoms with Crippen LogP contribution in [0.5, 0.6) is 0 Å². The van der Waals surface area contributed by atoms with Crippen molar-refractivity contribution >= 4 is 11.6 Å². The highest BCUT2D eigenvalue weighted by Gasteiger charge is 2.23. The number of piperidine rings is 1. The van der Waals surface area contributed by atoms with Crippen LogP contribution in [0, 0.1) is 13.8 Å². The van der Waals surface area contributed by atoms with Gasteiger partial charge in [-0.15, -0.1) is 0 Å². The fraction of sp³-hybridized carbons (Fsp3) is 0.588. The number of hydrogen-bond acceptors (Lipinski definition) is 3. The normalized spacial score (nSPS) is 19.5. The molecule has 1 aromatic carbocycles. The van der Waals surface area contributed by atoms with Gasteiger partial charge in [-0.05, 0) is 51.4 Å². The van der Waals surface area contributed by atoms with E-state index in [1.807, 2.05) is 39.1 Å². The number of anilines is 1. The van der Waals surface area contributed by atoms with Crippen molar-refractivity contribution in [1.82, 2.24) is 10.2 Å². The second kappa shape index (κ2) is 7.57. The van der Waals surface area contributed by atoms with Crippen molar-refractivity contribution in [2.24, 2.45) is 0 Å². The van der Waals surface area contributed by atoms with Crippen molar-refractivity contribution in [2.45, 2.75) is 39.2 Å². The number of carbonyl (C=O) groups excluding carboxylic acids is 1. The summed E-state index contributed by atoms with van der Waals surface area (Å²) in [5, 5.41) is 6.32. The summed E-state index contributed by atoms with van der Waals surface area (Å²) in [5.41, 5.74) is 3.20. The van der Waals surface area contributed by atoms with Gasteiger partial charge in [-0.25, -0.2) is 0 Å². The van der Waals surface area contributed by atoms with Crippen LogP contribution < -0.4 is 10.6 Å². The van der Waals surface area contributed by atoms with Gasteiger partial charge in [0.25, 0.3) is 0 Å². The van der Waals surface area contributed by atoms with Crippen molar-refractivity contribution < 1.29 is 4.79 Å². The van der Waals surface area contributed by atoms with Gasteiger partial charge < -0.3 is 10.6 Å². The highest BCUT2D eigenvalue weighted by atomic mass is 16.2. The van der Waals surface area contributed by atoms with Gasteiger partial charge in [-0.1, -0.05) is 24.6 Å². The molecule has 0 saturated carbocycles. The van der Waals surface area contributed by atoms with E-state index in [0.717, 1.165) is 29.9 Å². The molecule has 21 heavy (non-hydrogen) atoms. The summed E-state index contributed by atoms with van der Waals surface area (Å²) in [6.07, 6.45) is 3.63. The fourth-order valence-electron chi connectivity index (χ4n) is 3.11. The molecular weight excluding hydrogens is 262 g/mol. The number of hydrogen-bond donors (Lipinski definition) is 2. The predicted octanol–water partition coefficient (Wildman–Crippen LogP) is 2.32. The highest BCUT2D eigenvalue weighted by molar-refractivity contribution is 5.93. The van der Waals surface area contributed by atoms with Crippen molar-refractivity contribution in [3.8, 4) is 0 Å². The molecule has 0 aromatic heterocycles. The topological polar surface area (TPSA) is 44.4 Å². The third kappa shape index (κ3) is 4.29. The van der Waals surface area contributed by atoms with E-state index in [9.17, 15) is 4.79 Å². The number of para-hydroxylation sites is 1. The monoisotopic (exact) mass is 289 g/mol. The first-order valence-electron chi connectivity index (χ1n) is 7.86. The zero-order valence-corrected chi connectivity index (χ0v) is 13.4. The van der Waals surface area contributed by atoms with Crippen molar-refractivity contribution in [1.29, 1.82) is 0 Å². The van der Waals surface area contributed by atoms with Gasteiger partial charge in [0.2, 0.25) is 5.91 Å². The molecule has 1 fully saturated rings. The molecule has 2 rings (SSSR count). The number of nitrogens with zero attached hydrogens (tertiary/aromatic N) is 1. The number of likely N-dealkylation sites (N-methyl/N-ethyl adjacent to an activating group) is 1. The van der Waals surface area contributed by atoms with E-state index in [1.54, 1.807) is 0 Å². The first-order chi connectivity index (χ1) is 10.1. The minimum Gasteiger partial charge on any atom is -0.324 e. The summed E-state index contributed by atoms with van der Waals surface area (Å²) in [6.45, 7) is 6.53. The average molecular weight is 289 g/mol. The molecule has 116 valence electrons. The Morgan fingerprint density at radius 1 is 1.29 bits per heavy atom. The van der Waals surface area contributed by atoms with Crippen molar-refractivity contribution in [2.75, 3.05) is 32.0 Å². The van der Waals surface area contributed by atoms with Crippen LogP contribution in [-0.4, -0.2) is 43.5 Å². The molecule has 1 saturated heterocycles. The highest BCUT2D eigenvalue weighted by Crippen LogP contribution is 2.20. The van der Waals surface area contributed by atoms with E-state index < -0.39 is 0 Å². The molecule has 0 aliphatic carbocycles. The summed E-state index contributed by atoms with van der Waals surface area (Å²) in [4.78, 5) is 14.7. The van der Waals surface area contributed by atoms with Gasteiger partial charge in [0.15, 0.2) is 0 Å². The van der Waals surface area contributed by atoms with Crippen molar-refractivity contribution in [3.63, 3.8) is 0 Å². The number of nitrogens with one attached hydrogen (secondary N) is 2. The number of aryl methyl sites for hydroxylation is 2. The Hall–Kier alpha value is -1.39. The van der Waals surface area contributed by atoms with Crippen LogP contribution in [-0.2, 0) is 4.79 Å². The first kappa shape index (κ1) is 16.0. The van der Waals surface area contributed by atoms with Gasteiger partial charge in [-0.3, -0.25) is 9.69 Å². The van der Waals surface area contributed by atoms with Crippen LogP contribution >= 0.6 is 0 Å². The van der Waals surface area contributed by atoms with Gasteiger partial charge >= 0.3 is 0 Å². The second-order valence-electron chi connectivity index (χ2n) is 5.99. The number of amides is 1. The van der Waals surface area contributed by atoms with E-state index in [4.69, 9.17) is 0 Å². The van der Waals surface area contributed by atoms with Crippen LogP contribution in [0.2, 0.25) is 0 Å². The Morgan fingerprint density at radius 3 is 2.67 bits per heavy atom. The Kier molecular flexibility index (Phi) is 5.76. The molecule has 1 heterocycles. The van der Waals surface area contributed by atoms with Crippen molar-refractivity contribution in [3.05, 3.63) is 29.3 Å². The third-order valence-electron chi connectivity index (χ3n) is 4.28. The number of likely N-dealkylation sites (tertiary alicyclic amines) is 1. The van der Waals surface area contributed by atoms with E-state index in [1.165, 1.54) is 19.3 Å². The first-order valence-corrected chi connectivity index (χ1v) is 7.86. The maximum absolute atomic E-state index is 12.4. The molecule has 1 aromatic rings. The fourth-order valence-corrected chi connectivity index (χ4v) is 3.11. The molecule has 0 spiro atoms. The van der Waals surface area contributed by atoms with E-state index in [2.05, 4.69) is 15.5 Å². The lowest BCUT2D eigenvalue weighted by atomic mass is 10.0. The molecule has 0 bridgehead atoms. The lowest BCUT2D eigenvalue weighted by molar-refractivity contribution is -0.118. The van der Waals surface area contributed by atoms with Crippen LogP contribution in [0.1, 0.15) is 30.4 Å². The predicted molar refractivity (Wildman–Crippen MR) is 87.7 cm³/mol. The summed E-state index contributed by atoms with van der Waals surface area (Å²) in [5.74, 6) is 0.0930. The smallest absolute Gasteiger partial charge is 0.238 e. The molecule has 4 heteroatoms. The summed E-state index contributed by atoms with van der Waals surface area (Å²) >= 11 is 0. The maximum Gasteiger partial charge on any atom is 0.238 e. The zero-order valence-electron chi connectivity index (χ0n) is 13.4. The standard InChI is InChI=1S/C17H27N3O/c1-13-7-6-8-14(2)17(13)19-16(21)12-20-10-5-4-9-15(20)11-18-3/h6-8,15,18H,4-5,9-12H2,1-3H3,(H,19,21). The SMILES string of the molecule is CNCC1CCCCN1CC(=O)Nc1c(C)cccc1C. The molecule has 1 amide bonds. The van der Waals surface area contributed by atoms with E-state index in [0.29, 0.717) is 12.6 Å². The Bertz CT molecular complexity index is 465. The maximum atomic E-state index is 12.4. The average Bonchev–Trinajstić information content (AvgIpc) is 2.45. The molecule has 0 radical (unpaired) electrons. The Labute approximate surface area is 127 Å². The number of benzene rings is 1. The zero-order chi connectivity index (χ0) is 15.2. The molecule has 2 N–H and O–H groups in total. The number of carbonyl (C=O) groups is 1. The molecule has 4 nitrogen and oxygen atoms in total. The molecule has 1 atom stereocenters. The summed E-state index contributed by atoms with van der Waals surface area (Å²) < 4.78 is 0. The summed E-state index contributed by atoms with van der Waals surface area (Å²) in [6, 6.07) is 6.57. The second-order valence-corrected chi connectivity index (χ2v) is 5.99. The van der Waals surface area contributed by atoms with Crippen LogP contribution in [0.4, 0.5) is 5.69 Å². The van der Waals surface area contributed by atoms with Gasteiger partial charge in [0, 0.05) is 18.3 Å². The van der Waals surface area contributed by atoms with E-state index >= 15 is 0 Å². The molecular formula is C17H27N3O. The lowest BCUT2D eigenvalue weighted by Gasteiger charge is -2.35. The van der Waals surface area contributed by atoms with Gasteiger partial charge in [0.05, 0.1) is 6.54 Å². The third-order valence-corrected chi connectivity index (χ3v) is 4.28. The lowest BCUT2D eigenvalue weighted by Crippen LogP contribution is -2.48. The van der Waals surface area contributed by atoms with Gasteiger partial charge in [-0.2, -0.15) is 0 Å². The quantitative estimate of drug-likeness (QED) is 0.874. The Balaban J connectivity index is 1.97.